The number of aromatic amines is 1. The Hall–Kier alpha value is -6.34. The van der Waals surface area contributed by atoms with Gasteiger partial charge in [-0.3, -0.25) is 14.3 Å². The summed E-state index contributed by atoms with van der Waals surface area (Å²) in [4.78, 5) is 28.7. The summed E-state index contributed by atoms with van der Waals surface area (Å²) in [6.07, 6.45) is 0.393. The second-order valence-corrected chi connectivity index (χ2v) is 13.0. The van der Waals surface area contributed by atoms with Gasteiger partial charge in [-0.1, -0.05) is 96.2 Å². The third-order valence-electron chi connectivity index (χ3n) is 9.90. The number of hydrogen-bond donors (Lipinski definition) is 2. The molecule has 272 valence electrons. The zero-order valence-electron chi connectivity index (χ0n) is 29.5. The number of aliphatic hydroxyl groups is 1. The number of aromatic nitrogens is 5. The molecule has 1 aliphatic heterocycles. The molecule has 1 fully saturated rings. The van der Waals surface area contributed by atoms with Crippen molar-refractivity contribution in [1.82, 2.24) is 24.5 Å². The molecule has 2 N–H and O–H groups in total. The van der Waals surface area contributed by atoms with Crippen molar-refractivity contribution < 1.29 is 24.1 Å². The average molecular weight is 724 g/mol. The molecule has 5 aromatic carbocycles. The molecule has 12 heteroatoms. The van der Waals surface area contributed by atoms with Crippen molar-refractivity contribution >= 4 is 10.8 Å². The molecule has 7 aromatic rings. The topological polar surface area (TPSA) is 143 Å². The summed E-state index contributed by atoms with van der Waals surface area (Å²) in [5.41, 5.74) is 1.23. The van der Waals surface area contributed by atoms with Crippen LogP contribution in [0.25, 0.3) is 27.7 Å². The number of benzene rings is 5. The predicted octanol–water partition coefficient (Wildman–Crippen LogP) is 5.61. The fourth-order valence-corrected chi connectivity index (χ4v) is 7.11. The first kappa shape index (κ1) is 34.7. The SMILES string of the molecule is COc1ccc(C(OC[C@H]2O[C@@H](n3cc(-c4cn(-c5cccc6ccccc56)nn4)c(=O)[nH]c3=O)C[C@@H]2O)(c2ccccc2)c2ccc(OC)cc2)cc1. The molecular formula is C42H37N5O7. The number of nitrogens with zero attached hydrogens (tertiary/aromatic N) is 4. The second-order valence-electron chi connectivity index (χ2n) is 13.0. The summed E-state index contributed by atoms with van der Waals surface area (Å²) in [5, 5.41) is 21.9. The number of H-pyrrole nitrogens is 1. The average Bonchev–Trinajstić information content (AvgIpc) is 3.85. The summed E-state index contributed by atoms with van der Waals surface area (Å²) in [5.74, 6) is 1.38. The van der Waals surface area contributed by atoms with E-state index in [1.807, 2.05) is 121 Å². The minimum Gasteiger partial charge on any atom is -0.497 e. The van der Waals surface area contributed by atoms with Crippen LogP contribution in [-0.4, -0.2) is 62.7 Å². The first-order valence-electron chi connectivity index (χ1n) is 17.5. The van der Waals surface area contributed by atoms with Gasteiger partial charge in [-0.2, -0.15) is 0 Å². The van der Waals surface area contributed by atoms with Gasteiger partial charge in [-0.05, 0) is 52.4 Å². The fourth-order valence-electron chi connectivity index (χ4n) is 7.11. The lowest BCUT2D eigenvalue weighted by molar-refractivity contribution is -0.0944. The van der Waals surface area contributed by atoms with E-state index in [4.69, 9.17) is 18.9 Å². The van der Waals surface area contributed by atoms with E-state index in [9.17, 15) is 14.7 Å². The molecule has 2 aromatic heterocycles. The minimum atomic E-state index is -1.14. The van der Waals surface area contributed by atoms with Gasteiger partial charge in [0.05, 0.1) is 44.4 Å². The predicted molar refractivity (Wildman–Crippen MR) is 202 cm³/mol. The van der Waals surface area contributed by atoms with E-state index in [-0.39, 0.29) is 24.3 Å². The lowest BCUT2D eigenvalue weighted by atomic mass is 9.80. The van der Waals surface area contributed by atoms with E-state index in [0.29, 0.717) is 11.5 Å². The molecule has 0 spiro atoms. The second kappa shape index (κ2) is 14.6. The van der Waals surface area contributed by atoms with Gasteiger partial charge in [0.15, 0.2) is 0 Å². The number of aliphatic hydroxyl groups excluding tert-OH is 1. The third kappa shape index (κ3) is 6.36. The van der Waals surface area contributed by atoms with Crippen LogP contribution in [0.2, 0.25) is 0 Å². The maximum Gasteiger partial charge on any atom is 0.330 e. The van der Waals surface area contributed by atoms with Crippen molar-refractivity contribution in [3.8, 4) is 28.4 Å². The number of fused-ring (bicyclic) bond motifs is 1. The summed E-state index contributed by atoms with van der Waals surface area (Å²) in [7, 11) is 3.22. The molecule has 0 aliphatic carbocycles. The van der Waals surface area contributed by atoms with Gasteiger partial charge in [-0.25, -0.2) is 9.48 Å². The van der Waals surface area contributed by atoms with Crippen LogP contribution in [0.1, 0.15) is 29.3 Å². The van der Waals surface area contributed by atoms with Gasteiger partial charge < -0.3 is 24.1 Å². The number of ether oxygens (including phenoxy) is 4. The number of hydrogen-bond acceptors (Lipinski definition) is 9. The van der Waals surface area contributed by atoms with E-state index >= 15 is 0 Å². The van der Waals surface area contributed by atoms with Crippen LogP contribution >= 0.6 is 0 Å². The molecule has 0 amide bonds. The Labute approximate surface area is 309 Å². The van der Waals surface area contributed by atoms with Crippen LogP contribution in [0.5, 0.6) is 11.5 Å². The van der Waals surface area contributed by atoms with Crippen LogP contribution < -0.4 is 20.7 Å². The van der Waals surface area contributed by atoms with Gasteiger partial charge in [0.2, 0.25) is 0 Å². The van der Waals surface area contributed by atoms with Crippen LogP contribution in [0, 0.1) is 0 Å². The summed E-state index contributed by atoms with van der Waals surface area (Å²) in [6.45, 7) is -0.0467. The highest BCUT2D eigenvalue weighted by Crippen LogP contribution is 2.43. The normalized spacial score (nSPS) is 17.1. The fraction of sp³-hybridized carbons (Fsp3) is 0.190. The number of nitrogens with one attached hydrogen (secondary N) is 1. The van der Waals surface area contributed by atoms with Crippen LogP contribution in [0.3, 0.4) is 0 Å². The molecule has 54 heavy (non-hydrogen) atoms. The number of rotatable bonds is 11. The molecule has 0 radical (unpaired) electrons. The Bertz CT molecular complexity index is 2460. The molecule has 8 rings (SSSR count). The van der Waals surface area contributed by atoms with Gasteiger partial charge in [0.1, 0.15) is 35.1 Å². The lowest BCUT2D eigenvalue weighted by Gasteiger charge is -2.37. The molecule has 1 saturated heterocycles. The molecule has 0 bridgehead atoms. The van der Waals surface area contributed by atoms with E-state index in [0.717, 1.165) is 33.2 Å². The Morgan fingerprint density at radius 3 is 2.11 bits per heavy atom. The highest BCUT2D eigenvalue weighted by atomic mass is 16.6. The van der Waals surface area contributed by atoms with Gasteiger partial charge in [0.25, 0.3) is 5.56 Å². The van der Waals surface area contributed by atoms with Gasteiger partial charge in [-0.15, -0.1) is 5.10 Å². The smallest absolute Gasteiger partial charge is 0.330 e. The largest absolute Gasteiger partial charge is 0.497 e. The zero-order valence-corrected chi connectivity index (χ0v) is 29.5. The molecule has 0 saturated carbocycles. The van der Waals surface area contributed by atoms with E-state index in [1.165, 1.54) is 10.8 Å². The lowest BCUT2D eigenvalue weighted by Crippen LogP contribution is -2.38. The molecule has 3 atom stereocenters. The Kier molecular flexibility index (Phi) is 9.38. The van der Waals surface area contributed by atoms with Crippen molar-refractivity contribution in [2.75, 3.05) is 20.8 Å². The summed E-state index contributed by atoms with van der Waals surface area (Å²) >= 11 is 0. The first-order chi connectivity index (χ1) is 26.4. The number of methoxy groups -OCH3 is 2. The van der Waals surface area contributed by atoms with Crippen molar-refractivity contribution in [3.63, 3.8) is 0 Å². The molecule has 1 aliphatic rings. The monoisotopic (exact) mass is 723 g/mol. The van der Waals surface area contributed by atoms with Crippen molar-refractivity contribution in [3.05, 3.63) is 171 Å². The highest BCUT2D eigenvalue weighted by Gasteiger charge is 2.42. The summed E-state index contributed by atoms with van der Waals surface area (Å²) in [6, 6.07) is 38.8. The Morgan fingerprint density at radius 1 is 0.796 bits per heavy atom. The first-order valence-corrected chi connectivity index (χ1v) is 17.5. The maximum absolute atomic E-state index is 13.2. The van der Waals surface area contributed by atoms with Crippen molar-refractivity contribution in [2.24, 2.45) is 0 Å². The van der Waals surface area contributed by atoms with Crippen molar-refractivity contribution in [1.29, 1.82) is 0 Å². The maximum atomic E-state index is 13.2. The van der Waals surface area contributed by atoms with E-state index in [2.05, 4.69) is 15.3 Å². The van der Waals surface area contributed by atoms with E-state index in [1.54, 1.807) is 25.1 Å². The molecular weight excluding hydrogens is 686 g/mol. The van der Waals surface area contributed by atoms with Gasteiger partial charge in [0, 0.05) is 18.0 Å². The molecule has 12 nitrogen and oxygen atoms in total. The van der Waals surface area contributed by atoms with Crippen LogP contribution in [0.15, 0.2) is 143 Å². The van der Waals surface area contributed by atoms with Crippen LogP contribution in [-0.2, 0) is 15.1 Å². The van der Waals surface area contributed by atoms with E-state index < -0.39 is 35.3 Å². The highest BCUT2D eigenvalue weighted by molar-refractivity contribution is 5.90. The molecule has 3 heterocycles. The van der Waals surface area contributed by atoms with Gasteiger partial charge >= 0.3 is 5.69 Å². The zero-order chi connectivity index (χ0) is 37.2. The quantitative estimate of drug-likeness (QED) is 0.163. The van der Waals surface area contributed by atoms with Crippen LogP contribution in [0.4, 0.5) is 0 Å². The molecule has 0 unspecified atom stereocenters. The Balaban J connectivity index is 1.10. The summed E-state index contributed by atoms with van der Waals surface area (Å²) < 4.78 is 27.1. The standard InChI is InChI=1S/C42H37N5O7/c1-51-31-19-15-29(16-20-31)42(28-11-4-3-5-12-28,30-17-21-32(52-2)22-18-30)53-26-38-37(48)23-39(54-38)46-24-34(40(49)43-41(46)50)35-25-47(45-44-35)36-14-8-10-27-9-6-7-13-33(27)36/h3-22,24-25,37-39,48H,23,26H2,1-2H3,(H,43,49,50)/t37-,38+,39+/m0/s1. The third-order valence-corrected chi connectivity index (χ3v) is 9.90. The Morgan fingerprint density at radius 2 is 1.43 bits per heavy atom. The minimum absolute atomic E-state index is 0.0467. The van der Waals surface area contributed by atoms with Crippen molar-refractivity contribution in [2.45, 2.75) is 30.5 Å².